The van der Waals surface area contributed by atoms with Crippen LogP contribution in [0.15, 0.2) is 28.7 Å². The lowest BCUT2D eigenvalue weighted by atomic mass is 10.1. The molecule has 0 aliphatic rings. The summed E-state index contributed by atoms with van der Waals surface area (Å²) in [5.41, 5.74) is 0.0398. The number of nitrogens with zero attached hydrogens (tertiary/aromatic N) is 2. The molecule has 1 heterocycles. The van der Waals surface area contributed by atoms with Crippen molar-refractivity contribution in [1.82, 2.24) is 15.5 Å². The van der Waals surface area contributed by atoms with Gasteiger partial charge < -0.3 is 9.73 Å². The van der Waals surface area contributed by atoms with E-state index in [-0.39, 0.29) is 0 Å². The maximum Gasteiger partial charge on any atom is 0.416 e. The van der Waals surface area contributed by atoms with Crippen LogP contribution in [0.25, 0.3) is 0 Å². The molecule has 21 heavy (non-hydrogen) atoms. The predicted octanol–water partition coefficient (Wildman–Crippen LogP) is 2.83. The van der Waals surface area contributed by atoms with Gasteiger partial charge in [-0.05, 0) is 37.7 Å². The smallest absolute Gasteiger partial charge is 0.416 e. The molecule has 1 N–H and O–H groups in total. The molecule has 2 rings (SSSR count). The minimum atomic E-state index is -4.32. The average molecular weight is 299 g/mol. The van der Waals surface area contributed by atoms with Crippen LogP contribution >= 0.6 is 0 Å². The van der Waals surface area contributed by atoms with E-state index >= 15 is 0 Å². The molecule has 0 spiro atoms. The molecule has 2 aromatic rings. The maximum absolute atomic E-state index is 12.5. The molecule has 0 aliphatic carbocycles. The van der Waals surface area contributed by atoms with Crippen LogP contribution in [0.5, 0.6) is 0 Å². The molecule has 0 bridgehead atoms. The van der Waals surface area contributed by atoms with E-state index in [1.807, 2.05) is 7.05 Å². The van der Waals surface area contributed by atoms with Gasteiger partial charge in [0.1, 0.15) is 0 Å². The fraction of sp³-hybridized carbons (Fsp3) is 0.429. The van der Waals surface area contributed by atoms with Gasteiger partial charge in [0.25, 0.3) is 0 Å². The minimum Gasteiger partial charge on any atom is -0.425 e. The van der Waals surface area contributed by atoms with Gasteiger partial charge in [0.15, 0.2) is 0 Å². The third kappa shape index (κ3) is 4.56. The molecular formula is C14H16F3N3O. The lowest BCUT2D eigenvalue weighted by molar-refractivity contribution is -0.137. The first kappa shape index (κ1) is 15.5. The van der Waals surface area contributed by atoms with Crippen LogP contribution in [0.1, 0.15) is 29.3 Å². The van der Waals surface area contributed by atoms with Gasteiger partial charge in [-0.3, -0.25) is 0 Å². The number of hydrogen-bond acceptors (Lipinski definition) is 4. The maximum atomic E-state index is 12.5. The van der Waals surface area contributed by atoms with Crippen molar-refractivity contribution >= 4 is 0 Å². The molecular weight excluding hydrogens is 283 g/mol. The molecule has 0 aliphatic heterocycles. The van der Waals surface area contributed by atoms with Gasteiger partial charge in [0.2, 0.25) is 11.8 Å². The Hall–Kier alpha value is -1.89. The number of hydrogen-bond donors (Lipinski definition) is 1. The topological polar surface area (TPSA) is 51.0 Å². The van der Waals surface area contributed by atoms with Crippen molar-refractivity contribution in [3.8, 4) is 0 Å². The standard InChI is InChI=1S/C14H16F3N3O/c1-18-8-2-3-12-19-20-13(21-12)9-10-4-6-11(7-5-10)14(15,16)17/h4-7,18H,2-3,8-9H2,1H3. The van der Waals surface area contributed by atoms with E-state index in [9.17, 15) is 13.2 Å². The van der Waals surface area contributed by atoms with E-state index < -0.39 is 11.7 Å². The van der Waals surface area contributed by atoms with E-state index in [0.29, 0.717) is 30.2 Å². The van der Waals surface area contributed by atoms with Gasteiger partial charge in [0, 0.05) is 6.42 Å². The minimum absolute atomic E-state index is 0.331. The fourth-order valence-corrected chi connectivity index (χ4v) is 1.86. The molecule has 114 valence electrons. The third-order valence-corrected chi connectivity index (χ3v) is 2.96. The summed E-state index contributed by atoms with van der Waals surface area (Å²) in [6, 6.07) is 4.96. The molecule has 0 unspecified atom stereocenters. The summed E-state index contributed by atoms with van der Waals surface area (Å²) in [6.45, 7) is 0.858. The fourth-order valence-electron chi connectivity index (χ4n) is 1.86. The van der Waals surface area contributed by atoms with Crippen molar-refractivity contribution in [2.75, 3.05) is 13.6 Å². The summed E-state index contributed by atoms with van der Waals surface area (Å²) >= 11 is 0. The van der Waals surface area contributed by atoms with Crippen LogP contribution in [0, 0.1) is 0 Å². The average Bonchev–Trinajstić information content (AvgIpc) is 2.86. The zero-order chi connectivity index (χ0) is 15.3. The lowest BCUT2D eigenvalue weighted by Crippen LogP contribution is -2.08. The molecule has 0 amide bonds. The lowest BCUT2D eigenvalue weighted by Gasteiger charge is -2.06. The van der Waals surface area contributed by atoms with E-state index in [0.717, 1.165) is 25.1 Å². The van der Waals surface area contributed by atoms with Crippen LogP contribution in [0.3, 0.4) is 0 Å². The van der Waals surface area contributed by atoms with Gasteiger partial charge in [-0.1, -0.05) is 12.1 Å². The van der Waals surface area contributed by atoms with E-state index in [1.54, 1.807) is 0 Å². The van der Waals surface area contributed by atoms with E-state index in [4.69, 9.17) is 4.42 Å². The monoisotopic (exact) mass is 299 g/mol. The van der Waals surface area contributed by atoms with Crippen LogP contribution in [-0.4, -0.2) is 23.8 Å². The van der Waals surface area contributed by atoms with Crippen molar-refractivity contribution in [2.45, 2.75) is 25.4 Å². The van der Waals surface area contributed by atoms with E-state index in [2.05, 4.69) is 15.5 Å². The van der Waals surface area contributed by atoms with Crippen LogP contribution in [0.2, 0.25) is 0 Å². The predicted molar refractivity (Wildman–Crippen MR) is 70.8 cm³/mol. The van der Waals surface area contributed by atoms with Crippen molar-refractivity contribution in [3.63, 3.8) is 0 Å². The highest BCUT2D eigenvalue weighted by Crippen LogP contribution is 2.29. The quantitative estimate of drug-likeness (QED) is 0.833. The first-order chi connectivity index (χ1) is 9.99. The van der Waals surface area contributed by atoms with Gasteiger partial charge >= 0.3 is 6.18 Å². The third-order valence-electron chi connectivity index (χ3n) is 2.96. The Morgan fingerprint density at radius 3 is 2.38 bits per heavy atom. The van der Waals surface area contributed by atoms with Crippen molar-refractivity contribution in [2.24, 2.45) is 0 Å². The highest BCUT2D eigenvalue weighted by molar-refractivity contribution is 5.26. The summed E-state index contributed by atoms with van der Waals surface area (Å²) in [7, 11) is 1.86. The van der Waals surface area contributed by atoms with Gasteiger partial charge in [-0.15, -0.1) is 10.2 Å². The first-order valence-corrected chi connectivity index (χ1v) is 6.61. The first-order valence-electron chi connectivity index (χ1n) is 6.61. The normalized spacial score (nSPS) is 11.8. The Kier molecular flexibility index (Phi) is 4.95. The summed E-state index contributed by atoms with van der Waals surface area (Å²) in [4.78, 5) is 0. The molecule has 1 aromatic carbocycles. The Morgan fingerprint density at radius 1 is 1.10 bits per heavy atom. The van der Waals surface area contributed by atoms with Crippen LogP contribution < -0.4 is 5.32 Å². The molecule has 7 heteroatoms. The van der Waals surface area contributed by atoms with Gasteiger partial charge in [-0.2, -0.15) is 13.2 Å². The zero-order valence-electron chi connectivity index (χ0n) is 11.6. The molecule has 0 fully saturated rings. The van der Waals surface area contributed by atoms with Gasteiger partial charge in [-0.25, -0.2) is 0 Å². The SMILES string of the molecule is CNCCCc1nnc(Cc2ccc(C(F)(F)F)cc2)o1. The zero-order valence-corrected chi connectivity index (χ0v) is 11.6. The molecule has 0 atom stereocenters. The Balaban J connectivity index is 1.95. The summed E-state index contributed by atoms with van der Waals surface area (Å²) in [5.74, 6) is 0.960. The van der Waals surface area contributed by atoms with Crippen molar-refractivity contribution in [1.29, 1.82) is 0 Å². The van der Waals surface area contributed by atoms with Gasteiger partial charge in [0.05, 0.1) is 12.0 Å². The number of rotatable bonds is 6. The molecule has 0 saturated heterocycles. The van der Waals surface area contributed by atoms with Crippen molar-refractivity contribution < 1.29 is 17.6 Å². The van der Waals surface area contributed by atoms with Crippen LogP contribution in [0.4, 0.5) is 13.2 Å². The second-order valence-corrected chi connectivity index (χ2v) is 4.67. The number of nitrogens with one attached hydrogen (secondary N) is 1. The summed E-state index contributed by atoms with van der Waals surface area (Å²) in [6.07, 6.45) is -2.42. The molecule has 0 radical (unpaired) electrons. The second kappa shape index (κ2) is 6.71. The largest absolute Gasteiger partial charge is 0.425 e. The van der Waals surface area contributed by atoms with Crippen LogP contribution in [-0.2, 0) is 19.0 Å². The number of aryl methyl sites for hydroxylation is 1. The Labute approximate surface area is 120 Å². The summed E-state index contributed by atoms with van der Waals surface area (Å²) in [5, 5.41) is 10.8. The number of halogens is 3. The van der Waals surface area contributed by atoms with E-state index in [1.165, 1.54) is 12.1 Å². The highest BCUT2D eigenvalue weighted by Gasteiger charge is 2.29. The Bertz CT molecular complexity index is 564. The number of alkyl halides is 3. The summed E-state index contributed by atoms with van der Waals surface area (Å²) < 4.78 is 42.8. The number of aromatic nitrogens is 2. The van der Waals surface area contributed by atoms with Crippen molar-refractivity contribution in [3.05, 3.63) is 47.2 Å². The Morgan fingerprint density at radius 2 is 1.76 bits per heavy atom. The molecule has 0 saturated carbocycles. The number of benzene rings is 1. The highest BCUT2D eigenvalue weighted by atomic mass is 19.4. The molecule has 1 aromatic heterocycles. The molecule has 4 nitrogen and oxygen atoms in total. The second-order valence-electron chi connectivity index (χ2n) is 4.67.